The minimum Gasteiger partial charge on any atom is -0.331 e. The van der Waals surface area contributed by atoms with E-state index >= 15 is 0 Å². The molecular formula is C15H14FN3S. The SMILES string of the molecule is Cc1ccccc1NC(=S)N/N=C\c1ccccc1F. The van der Waals surface area contributed by atoms with E-state index in [2.05, 4.69) is 15.8 Å². The molecule has 0 amide bonds. The number of para-hydroxylation sites is 1. The van der Waals surface area contributed by atoms with E-state index in [1.807, 2.05) is 31.2 Å². The van der Waals surface area contributed by atoms with Crippen molar-refractivity contribution in [2.75, 3.05) is 5.32 Å². The van der Waals surface area contributed by atoms with Gasteiger partial charge in [-0.15, -0.1) is 0 Å². The van der Waals surface area contributed by atoms with Crippen molar-refractivity contribution in [2.45, 2.75) is 6.92 Å². The van der Waals surface area contributed by atoms with Crippen molar-refractivity contribution in [1.82, 2.24) is 5.43 Å². The van der Waals surface area contributed by atoms with Crippen LogP contribution in [-0.2, 0) is 0 Å². The molecule has 0 bridgehead atoms. The largest absolute Gasteiger partial charge is 0.331 e. The molecule has 0 heterocycles. The van der Waals surface area contributed by atoms with E-state index in [1.165, 1.54) is 12.3 Å². The lowest BCUT2D eigenvalue weighted by Gasteiger charge is -2.09. The topological polar surface area (TPSA) is 36.4 Å². The van der Waals surface area contributed by atoms with Crippen LogP contribution in [0.4, 0.5) is 10.1 Å². The van der Waals surface area contributed by atoms with Crippen LogP contribution >= 0.6 is 12.2 Å². The summed E-state index contributed by atoms with van der Waals surface area (Å²) in [4.78, 5) is 0. The molecule has 0 aliphatic rings. The zero-order valence-corrected chi connectivity index (χ0v) is 11.7. The number of benzene rings is 2. The maximum absolute atomic E-state index is 13.3. The fourth-order valence-corrected chi connectivity index (χ4v) is 1.77. The van der Waals surface area contributed by atoms with E-state index in [-0.39, 0.29) is 5.82 Å². The van der Waals surface area contributed by atoms with Crippen molar-refractivity contribution in [3.63, 3.8) is 0 Å². The molecule has 3 nitrogen and oxygen atoms in total. The van der Waals surface area contributed by atoms with E-state index in [9.17, 15) is 4.39 Å². The number of halogens is 1. The molecule has 20 heavy (non-hydrogen) atoms. The van der Waals surface area contributed by atoms with Gasteiger partial charge in [0.15, 0.2) is 5.11 Å². The van der Waals surface area contributed by atoms with Crippen LogP contribution < -0.4 is 10.7 Å². The summed E-state index contributed by atoms with van der Waals surface area (Å²) in [5.74, 6) is -0.323. The number of aryl methyl sites for hydroxylation is 1. The van der Waals surface area contributed by atoms with Gasteiger partial charge in [0.05, 0.1) is 6.21 Å². The summed E-state index contributed by atoms with van der Waals surface area (Å²) in [5.41, 5.74) is 5.05. The predicted molar refractivity (Wildman–Crippen MR) is 84.5 cm³/mol. The number of anilines is 1. The Hall–Kier alpha value is -2.27. The highest BCUT2D eigenvalue weighted by molar-refractivity contribution is 7.80. The Kier molecular flexibility index (Phi) is 4.79. The van der Waals surface area contributed by atoms with Crippen LogP contribution in [0.25, 0.3) is 0 Å². The van der Waals surface area contributed by atoms with Crippen molar-refractivity contribution in [3.8, 4) is 0 Å². The monoisotopic (exact) mass is 287 g/mol. The van der Waals surface area contributed by atoms with E-state index < -0.39 is 0 Å². The van der Waals surface area contributed by atoms with Gasteiger partial charge in [0.25, 0.3) is 0 Å². The summed E-state index contributed by atoms with van der Waals surface area (Å²) in [6.07, 6.45) is 1.39. The van der Waals surface area contributed by atoms with Gasteiger partial charge in [-0.05, 0) is 36.8 Å². The molecule has 0 aromatic heterocycles. The van der Waals surface area contributed by atoms with Crippen LogP contribution in [0.5, 0.6) is 0 Å². The van der Waals surface area contributed by atoms with E-state index in [4.69, 9.17) is 12.2 Å². The third-order valence-corrected chi connectivity index (χ3v) is 2.86. The second kappa shape index (κ2) is 6.77. The van der Waals surface area contributed by atoms with Gasteiger partial charge in [0.1, 0.15) is 5.82 Å². The molecular weight excluding hydrogens is 273 g/mol. The van der Waals surface area contributed by atoms with Crippen molar-refractivity contribution >= 4 is 29.2 Å². The lowest BCUT2D eigenvalue weighted by molar-refractivity contribution is 0.626. The third kappa shape index (κ3) is 3.86. The molecule has 102 valence electrons. The van der Waals surface area contributed by atoms with Gasteiger partial charge >= 0.3 is 0 Å². The first kappa shape index (κ1) is 14.1. The minimum atomic E-state index is -0.323. The quantitative estimate of drug-likeness (QED) is 0.516. The standard InChI is InChI=1S/C15H14FN3S/c1-11-6-2-5-9-14(11)18-15(20)19-17-10-12-7-3-4-8-13(12)16/h2-10H,1H3,(H2,18,19,20)/b17-10-. The number of nitrogens with zero attached hydrogens (tertiary/aromatic N) is 1. The Morgan fingerprint density at radius 2 is 1.85 bits per heavy atom. The highest BCUT2D eigenvalue weighted by Crippen LogP contribution is 2.12. The van der Waals surface area contributed by atoms with E-state index in [0.29, 0.717) is 10.7 Å². The summed E-state index contributed by atoms with van der Waals surface area (Å²) in [6, 6.07) is 14.2. The van der Waals surface area contributed by atoms with Gasteiger partial charge in [-0.3, -0.25) is 5.43 Å². The highest BCUT2D eigenvalue weighted by Gasteiger charge is 1.99. The van der Waals surface area contributed by atoms with Crippen LogP contribution in [0.3, 0.4) is 0 Å². The predicted octanol–water partition coefficient (Wildman–Crippen LogP) is 3.45. The second-order valence-electron chi connectivity index (χ2n) is 4.16. The first-order chi connectivity index (χ1) is 9.66. The van der Waals surface area contributed by atoms with Crippen LogP contribution in [0, 0.1) is 12.7 Å². The molecule has 0 atom stereocenters. The summed E-state index contributed by atoms with van der Waals surface area (Å²) in [5, 5.41) is 7.29. The van der Waals surface area contributed by atoms with Crippen molar-refractivity contribution in [1.29, 1.82) is 0 Å². The average molecular weight is 287 g/mol. The number of thiocarbonyl (C=S) groups is 1. The molecule has 0 fully saturated rings. The smallest absolute Gasteiger partial charge is 0.191 e. The molecule has 0 aliphatic carbocycles. The molecule has 5 heteroatoms. The molecule has 2 aromatic rings. The lowest BCUT2D eigenvalue weighted by atomic mass is 10.2. The highest BCUT2D eigenvalue weighted by atomic mass is 32.1. The van der Waals surface area contributed by atoms with Crippen molar-refractivity contribution in [3.05, 3.63) is 65.5 Å². The Bertz CT molecular complexity index is 641. The second-order valence-corrected chi connectivity index (χ2v) is 4.57. The number of hydrazone groups is 1. The number of hydrogen-bond donors (Lipinski definition) is 2. The molecule has 2 aromatic carbocycles. The van der Waals surface area contributed by atoms with Crippen LogP contribution in [0.1, 0.15) is 11.1 Å². The summed E-state index contributed by atoms with van der Waals surface area (Å²) in [6.45, 7) is 1.98. The maximum Gasteiger partial charge on any atom is 0.191 e. The number of hydrogen-bond acceptors (Lipinski definition) is 2. The molecule has 2 N–H and O–H groups in total. The fraction of sp³-hybridized carbons (Fsp3) is 0.0667. The number of rotatable bonds is 3. The normalized spacial score (nSPS) is 10.5. The lowest BCUT2D eigenvalue weighted by Crippen LogP contribution is -2.24. The van der Waals surface area contributed by atoms with Gasteiger partial charge in [-0.25, -0.2) is 4.39 Å². The van der Waals surface area contributed by atoms with Gasteiger partial charge in [0.2, 0.25) is 0 Å². The molecule has 0 saturated heterocycles. The first-order valence-corrected chi connectivity index (χ1v) is 6.48. The zero-order chi connectivity index (χ0) is 14.4. The van der Waals surface area contributed by atoms with Gasteiger partial charge in [-0.2, -0.15) is 5.10 Å². The van der Waals surface area contributed by atoms with Crippen molar-refractivity contribution in [2.24, 2.45) is 5.10 Å². The summed E-state index contributed by atoms with van der Waals surface area (Å²) in [7, 11) is 0. The Balaban J connectivity index is 1.93. The first-order valence-electron chi connectivity index (χ1n) is 6.07. The minimum absolute atomic E-state index is 0.323. The zero-order valence-electron chi connectivity index (χ0n) is 10.9. The molecule has 2 rings (SSSR count). The van der Waals surface area contributed by atoms with Crippen LogP contribution in [-0.4, -0.2) is 11.3 Å². The molecule has 0 radical (unpaired) electrons. The summed E-state index contributed by atoms with van der Waals surface area (Å²) < 4.78 is 13.3. The molecule has 0 unspecified atom stereocenters. The number of nitrogens with one attached hydrogen (secondary N) is 2. The maximum atomic E-state index is 13.3. The van der Waals surface area contributed by atoms with Crippen LogP contribution in [0.2, 0.25) is 0 Å². The van der Waals surface area contributed by atoms with Crippen molar-refractivity contribution < 1.29 is 4.39 Å². The molecule has 0 aliphatic heterocycles. The average Bonchev–Trinajstić information content (AvgIpc) is 2.43. The van der Waals surface area contributed by atoms with E-state index in [0.717, 1.165) is 11.3 Å². The molecule has 0 saturated carbocycles. The van der Waals surface area contributed by atoms with E-state index in [1.54, 1.807) is 18.2 Å². The fourth-order valence-electron chi connectivity index (χ4n) is 1.60. The van der Waals surface area contributed by atoms with Gasteiger partial charge in [0, 0.05) is 11.3 Å². The molecule has 0 spiro atoms. The van der Waals surface area contributed by atoms with Crippen LogP contribution in [0.15, 0.2) is 53.6 Å². The van der Waals surface area contributed by atoms with Gasteiger partial charge < -0.3 is 5.32 Å². The Morgan fingerprint density at radius 1 is 1.15 bits per heavy atom. The Labute approximate surface area is 122 Å². The summed E-state index contributed by atoms with van der Waals surface area (Å²) >= 11 is 5.11. The third-order valence-electron chi connectivity index (χ3n) is 2.67. The van der Waals surface area contributed by atoms with Gasteiger partial charge in [-0.1, -0.05) is 36.4 Å². The Morgan fingerprint density at radius 3 is 2.60 bits per heavy atom.